The first-order valence-corrected chi connectivity index (χ1v) is 7.41. The zero-order valence-corrected chi connectivity index (χ0v) is 11.7. The van der Waals surface area contributed by atoms with Crippen molar-refractivity contribution in [1.82, 2.24) is 4.72 Å². The first kappa shape index (κ1) is 14.7. The summed E-state index contributed by atoms with van der Waals surface area (Å²) < 4.78 is 27.0. The van der Waals surface area contributed by atoms with Gasteiger partial charge in [-0.3, -0.25) is 0 Å². The van der Waals surface area contributed by atoms with Gasteiger partial charge in [0.2, 0.25) is 10.0 Å². The topological polar surface area (TPSA) is 70.0 Å². The molecule has 0 radical (unpaired) electrons. The van der Waals surface area contributed by atoms with Crippen LogP contribution in [0.1, 0.15) is 32.8 Å². The number of benzene rings is 1. The fourth-order valence-electron chi connectivity index (χ4n) is 1.69. The van der Waals surface area contributed by atoms with Crippen LogP contribution in [0.25, 0.3) is 0 Å². The monoisotopic (exact) mass is 266 g/mol. The lowest BCUT2D eigenvalue weighted by Gasteiger charge is -2.20. The van der Waals surface area contributed by atoms with Crippen LogP contribution < -0.4 is 4.72 Å². The lowest BCUT2D eigenvalue weighted by molar-refractivity contribution is 0.437. The van der Waals surface area contributed by atoms with Crippen LogP contribution in [0.15, 0.2) is 29.2 Å². The average molecular weight is 266 g/mol. The van der Waals surface area contributed by atoms with Crippen LogP contribution in [0.3, 0.4) is 0 Å². The van der Waals surface area contributed by atoms with Crippen molar-refractivity contribution in [3.8, 4) is 6.07 Å². The van der Waals surface area contributed by atoms with Gasteiger partial charge in [-0.2, -0.15) is 5.26 Å². The lowest BCUT2D eigenvalue weighted by Crippen LogP contribution is -2.37. The quantitative estimate of drug-likeness (QED) is 0.888. The molecule has 1 N–H and O–H groups in total. The smallest absolute Gasteiger partial charge is 0.208 e. The highest BCUT2D eigenvalue weighted by Crippen LogP contribution is 2.14. The van der Waals surface area contributed by atoms with Crippen molar-refractivity contribution in [2.24, 2.45) is 5.92 Å². The molecule has 0 heterocycles. The van der Waals surface area contributed by atoms with Gasteiger partial charge in [-0.15, -0.1) is 0 Å². The second-order valence-electron chi connectivity index (χ2n) is 4.52. The summed E-state index contributed by atoms with van der Waals surface area (Å²) >= 11 is 0. The van der Waals surface area contributed by atoms with E-state index in [0.29, 0.717) is 5.56 Å². The molecule has 5 heteroatoms. The molecule has 0 fully saturated rings. The second-order valence-corrected chi connectivity index (χ2v) is 6.23. The first-order chi connectivity index (χ1) is 8.40. The van der Waals surface area contributed by atoms with Crippen molar-refractivity contribution in [2.75, 3.05) is 0 Å². The summed E-state index contributed by atoms with van der Waals surface area (Å²) in [5.74, 6) is 0.226. The van der Waals surface area contributed by atoms with Crippen LogP contribution >= 0.6 is 0 Å². The van der Waals surface area contributed by atoms with Crippen molar-refractivity contribution < 1.29 is 8.42 Å². The van der Waals surface area contributed by atoms with Gasteiger partial charge in [-0.1, -0.05) is 26.8 Å². The van der Waals surface area contributed by atoms with E-state index in [1.54, 1.807) is 12.1 Å². The van der Waals surface area contributed by atoms with E-state index < -0.39 is 10.0 Å². The summed E-state index contributed by atoms with van der Waals surface area (Å²) in [6.07, 6.45) is 0.731. The van der Waals surface area contributed by atoms with Gasteiger partial charge >= 0.3 is 0 Å². The van der Waals surface area contributed by atoms with Crippen LogP contribution in [0.4, 0.5) is 0 Å². The molecule has 0 saturated heterocycles. The van der Waals surface area contributed by atoms with Crippen molar-refractivity contribution in [2.45, 2.75) is 38.1 Å². The fourth-order valence-corrected chi connectivity index (χ4v) is 3.20. The molecule has 18 heavy (non-hydrogen) atoms. The van der Waals surface area contributed by atoms with Gasteiger partial charge in [0.05, 0.1) is 16.5 Å². The van der Waals surface area contributed by atoms with Gasteiger partial charge in [-0.25, -0.2) is 13.1 Å². The molecule has 0 aliphatic carbocycles. The van der Waals surface area contributed by atoms with Gasteiger partial charge in [0.1, 0.15) is 0 Å². The summed E-state index contributed by atoms with van der Waals surface area (Å²) in [7, 11) is -3.55. The standard InChI is InChI=1S/C13H18N2O2S/c1-4-13(10(2)3)15-18(16,17)12-7-5-6-11(8-12)9-14/h5-8,10,13,15H,4H2,1-3H3. The molecule has 0 bridgehead atoms. The molecule has 1 rings (SSSR count). The van der Waals surface area contributed by atoms with Crippen LogP contribution in [0, 0.1) is 17.2 Å². The third-order valence-corrected chi connectivity index (χ3v) is 4.31. The fraction of sp³-hybridized carbons (Fsp3) is 0.462. The number of hydrogen-bond acceptors (Lipinski definition) is 3. The van der Waals surface area contributed by atoms with E-state index in [-0.39, 0.29) is 16.9 Å². The van der Waals surface area contributed by atoms with Crippen molar-refractivity contribution in [3.05, 3.63) is 29.8 Å². The van der Waals surface area contributed by atoms with Gasteiger partial charge in [0.15, 0.2) is 0 Å². The summed E-state index contributed by atoms with van der Waals surface area (Å²) in [6, 6.07) is 7.88. The molecule has 1 atom stereocenters. The van der Waals surface area contributed by atoms with E-state index in [9.17, 15) is 8.42 Å². The Balaban J connectivity index is 3.03. The zero-order chi connectivity index (χ0) is 13.8. The molecule has 0 aromatic heterocycles. The Labute approximate surface area is 109 Å². The number of nitriles is 1. The van der Waals surface area contributed by atoms with E-state index >= 15 is 0 Å². The maximum absolute atomic E-state index is 12.2. The second kappa shape index (κ2) is 5.98. The molecular weight excluding hydrogens is 248 g/mol. The highest BCUT2D eigenvalue weighted by atomic mass is 32.2. The minimum absolute atomic E-state index is 0.0965. The van der Waals surface area contributed by atoms with Gasteiger partial charge in [-0.05, 0) is 30.5 Å². The predicted octanol–water partition coefficient (Wildman–Crippen LogP) is 2.27. The lowest BCUT2D eigenvalue weighted by atomic mass is 10.0. The Morgan fingerprint density at radius 3 is 2.56 bits per heavy atom. The third kappa shape index (κ3) is 3.56. The maximum atomic E-state index is 12.2. The molecule has 1 unspecified atom stereocenters. The maximum Gasteiger partial charge on any atom is 0.240 e. The summed E-state index contributed by atoms with van der Waals surface area (Å²) in [5, 5.41) is 8.78. The third-order valence-electron chi connectivity index (χ3n) is 2.82. The van der Waals surface area contributed by atoms with Crippen LogP contribution in [0.2, 0.25) is 0 Å². The molecule has 0 saturated carbocycles. The molecule has 1 aromatic rings. The number of rotatable bonds is 5. The molecule has 0 amide bonds. The highest BCUT2D eigenvalue weighted by Gasteiger charge is 2.21. The van der Waals surface area contributed by atoms with Crippen molar-refractivity contribution in [1.29, 1.82) is 5.26 Å². The Morgan fingerprint density at radius 1 is 1.39 bits per heavy atom. The van der Waals surface area contributed by atoms with E-state index in [1.165, 1.54) is 12.1 Å². The Hall–Kier alpha value is -1.38. The van der Waals surface area contributed by atoms with E-state index in [4.69, 9.17) is 5.26 Å². The van der Waals surface area contributed by atoms with Gasteiger partial charge < -0.3 is 0 Å². The minimum atomic E-state index is -3.55. The van der Waals surface area contributed by atoms with Gasteiger partial charge in [0.25, 0.3) is 0 Å². The Bertz CT molecular complexity index is 544. The zero-order valence-electron chi connectivity index (χ0n) is 10.8. The molecular formula is C13H18N2O2S. The van der Waals surface area contributed by atoms with E-state index in [2.05, 4.69) is 4.72 Å². The van der Waals surface area contributed by atoms with E-state index in [1.807, 2.05) is 26.8 Å². The molecule has 0 aliphatic heterocycles. The SMILES string of the molecule is CCC(NS(=O)(=O)c1cccc(C#N)c1)C(C)C. The molecule has 4 nitrogen and oxygen atoms in total. The number of hydrogen-bond donors (Lipinski definition) is 1. The molecule has 98 valence electrons. The number of sulfonamides is 1. The molecule has 1 aromatic carbocycles. The first-order valence-electron chi connectivity index (χ1n) is 5.93. The van der Waals surface area contributed by atoms with Crippen molar-refractivity contribution >= 4 is 10.0 Å². The van der Waals surface area contributed by atoms with Crippen LogP contribution in [0.5, 0.6) is 0 Å². The van der Waals surface area contributed by atoms with Crippen molar-refractivity contribution in [3.63, 3.8) is 0 Å². The summed E-state index contributed by atoms with van der Waals surface area (Å²) in [5.41, 5.74) is 0.343. The Morgan fingerprint density at radius 2 is 2.06 bits per heavy atom. The summed E-state index contributed by atoms with van der Waals surface area (Å²) in [6.45, 7) is 5.89. The normalized spacial score (nSPS) is 13.3. The summed E-state index contributed by atoms with van der Waals surface area (Å²) in [4.78, 5) is 0.139. The van der Waals surface area contributed by atoms with Crippen LogP contribution in [-0.4, -0.2) is 14.5 Å². The number of nitrogens with one attached hydrogen (secondary N) is 1. The predicted molar refractivity (Wildman–Crippen MR) is 70.4 cm³/mol. The largest absolute Gasteiger partial charge is 0.240 e. The Kier molecular flexibility index (Phi) is 4.88. The minimum Gasteiger partial charge on any atom is -0.208 e. The average Bonchev–Trinajstić information content (AvgIpc) is 2.35. The highest BCUT2D eigenvalue weighted by molar-refractivity contribution is 7.89. The van der Waals surface area contributed by atoms with Gasteiger partial charge in [0, 0.05) is 6.04 Å². The number of nitrogens with zero attached hydrogens (tertiary/aromatic N) is 1. The molecule has 0 aliphatic rings. The van der Waals surface area contributed by atoms with Crippen LogP contribution in [-0.2, 0) is 10.0 Å². The molecule has 0 spiro atoms. The van der Waals surface area contributed by atoms with E-state index in [0.717, 1.165) is 6.42 Å².